The summed E-state index contributed by atoms with van der Waals surface area (Å²) in [6.45, 7) is 1.79. The lowest BCUT2D eigenvalue weighted by Crippen LogP contribution is -2.27. The number of ketones is 3. The molecule has 2 aromatic carbocycles. The third-order valence-corrected chi connectivity index (χ3v) is 5.83. The van der Waals surface area contributed by atoms with Gasteiger partial charge in [0.15, 0.2) is 5.78 Å². The van der Waals surface area contributed by atoms with Gasteiger partial charge in [-0.15, -0.1) is 0 Å². The van der Waals surface area contributed by atoms with Crippen LogP contribution in [0.5, 0.6) is 17.2 Å². The second-order valence-electron chi connectivity index (χ2n) is 7.20. The number of hydrogen-bond acceptors (Lipinski definition) is 7. The van der Waals surface area contributed by atoms with Crippen LogP contribution in [0.4, 0.5) is 0 Å². The fourth-order valence-corrected chi connectivity index (χ4v) is 4.37. The highest BCUT2D eigenvalue weighted by molar-refractivity contribution is 6.31. The van der Waals surface area contributed by atoms with Crippen LogP contribution in [0.15, 0.2) is 18.2 Å². The number of aliphatic hydroxyl groups excluding tert-OH is 1. The van der Waals surface area contributed by atoms with E-state index in [2.05, 4.69) is 0 Å². The van der Waals surface area contributed by atoms with Crippen molar-refractivity contribution in [3.8, 4) is 17.2 Å². The minimum absolute atomic E-state index is 0.0831. The molecule has 7 heteroatoms. The molecule has 2 aliphatic carbocycles. The van der Waals surface area contributed by atoms with Crippen molar-refractivity contribution < 1.29 is 34.4 Å². The number of ether oxygens (including phenoxy) is 1. The summed E-state index contributed by atoms with van der Waals surface area (Å²) in [7, 11) is 2.40. The van der Waals surface area contributed by atoms with Gasteiger partial charge in [0.2, 0.25) is 5.78 Å². The molecule has 4 rings (SSSR count). The van der Waals surface area contributed by atoms with E-state index >= 15 is 0 Å². The van der Waals surface area contributed by atoms with Gasteiger partial charge in [-0.3, -0.25) is 14.4 Å². The Morgan fingerprint density at radius 1 is 1.03 bits per heavy atom. The number of hydrogen-bond donors (Lipinski definition) is 3. The van der Waals surface area contributed by atoms with E-state index in [1.54, 1.807) is 19.1 Å². The summed E-state index contributed by atoms with van der Waals surface area (Å²) in [5.41, 5.74) is 0.679. The molecule has 2 aliphatic rings. The number of rotatable bonds is 3. The summed E-state index contributed by atoms with van der Waals surface area (Å²) >= 11 is 0. The van der Waals surface area contributed by atoms with Crippen molar-refractivity contribution in [3.63, 3.8) is 0 Å². The van der Waals surface area contributed by atoms with Crippen LogP contribution in [0.2, 0.25) is 0 Å². The Bertz CT molecular complexity index is 1050. The summed E-state index contributed by atoms with van der Waals surface area (Å²) in [5.74, 6) is -1.61. The molecule has 30 heavy (non-hydrogen) atoms. The maximum absolute atomic E-state index is 13.2. The first-order valence-corrected chi connectivity index (χ1v) is 9.74. The first-order valence-electron chi connectivity index (χ1n) is 9.74. The van der Waals surface area contributed by atoms with Crippen molar-refractivity contribution in [1.29, 1.82) is 0 Å². The molecule has 0 aliphatic heterocycles. The molecule has 0 spiro atoms. The molecule has 158 valence electrons. The standard InChI is InChI=1S/C22H20O6.CH4O/c1-3-14(23)10-7-8-11-13(9-10)21(26)17-18(19(11)24)22(27)16-12(20(17)25)5-4-6-15(16)28-2;1-2/h4-6,10,24,26H,3,7-9H2,1-2H3;2H,1H3. The van der Waals surface area contributed by atoms with Crippen LogP contribution in [0.3, 0.4) is 0 Å². The molecule has 0 aromatic heterocycles. The first-order chi connectivity index (χ1) is 14.4. The largest absolute Gasteiger partial charge is 0.507 e. The SMILES string of the molecule is CCC(=O)C1CCc2c(O)c3c(c(O)c2C1)C(=O)c1cccc(OC)c1C3=O.CO. The third-order valence-electron chi connectivity index (χ3n) is 5.83. The summed E-state index contributed by atoms with van der Waals surface area (Å²) in [4.78, 5) is 38.4. The lowest BCUT2D eigenvalue weighted by atomic mass is 9.74. The number of phenolic OH excluding ortho intramolecular Hbond substituents is 2. The number of Topliss-reactive ketones (excluding diaryl/α,β-unsaturated/α-hetero) is 1. The third kappa shape index (κ3) is 3.06. The molecule has 7 nitrogen and oxygen atoms in total. The highest BCUT2D eigenvalue weighted by Gasteiger charge is 2.40. The Kier molecular flexibility index (Phi) is 5.94. The van der Waals surface area contributed by atoms with Crippen molar-refractivity contribution in [2.75, 3.05) is 14.2 Å². The molecule has 0 radical (unpaired) electrons. The van der Waals surface area contributed by atoms with Crippen LogP contribution in [-0.4, -0.2) is 46.9 Å². The highest BCUT2D eigenvalue weighted by Crippen LogP contribution is 2.47. The van der Waals surface area contributed by atoms with Crippen molar-refractivity contribution in [1.82, 2.24) is 0 Å². The number of fused-ring (bicyclic) bond motifs is 3. The number of phenols is 2. The molecule has 0 heterocycles. The number of methoxy groups -OCH3 is 1. The molecular weight excluding hydrogens is 388 g/mol. The maximum atomic E-state index is 13.2. The van der Waals surface area contributed by atoms with Crippen molar-refractivity contribution >= 4 is 17.3 Å². The van der Waals surface area contributed by atoms with E-state index in [1.807, 2.05) is 0 Å². The Hall–Kier alpha value is -3.19. The molecule has 0 amide bonds. The topological polar surface area (TPSA) is 121 Å². The van der Waals surface area contributed by atoms with Gasteiger partial charge < -0.3 is 20.1 Å². The predicted molar refractivity (Wildman–Crippen MR) is 109 cm³/mol. The van der Waals surface area contributed by atoms with Gasteiger partial charge in [0.1, 0.15) is 23.0 Å². The Labute approximate surface area is 173 Å². The van der Waals surface area contributed by atoms with Gasteiger partial charge >= 0.3 is 0 Å². The summed E-state index contributed by atoms with van der Waals surface area (Å²) in [6.07, 6.45) is 1.54. The van der Waals surface area contributed by atoms with Crippen LogP contribution in [0.1, 0.15) is 62.7 Å². The highest BCUT2D eigenvalue weighted by atomic mass is 16.5. The van der Waals surface area contributed by atoms with Crippen LogP contribution in [0.25, 0.3) is 0 Å². The molecule has 3 N–H and O–H groups in total. The number of aliphatic hydroxyl groups is 1. The lowest BCUT2D eigenvalue weighted by molar-refractivity contribution is -0.122. The lowest BCUT2D eigenvalue weighted by Gasteiger charge is -2.29. The zero-order valence-corrected chi connectivity index (χ0v) is 17.1. The van der Waals surface area contributed by atoms with Gasteiger partial charge in [0, 0.05) is 36.1 Å². The zero-order valence-electron chi connectivity index (χ0n) is 17.1. The van der Waals surface area contributed by atoms with Crippen LogP contribution < -0.4 is 4.74 Å². The molecule has 1 unspecified atom stereocenters. The minimum atomic E-state index is -0.551. The summed E-state index contributed by atoms with van der Waals surface area (Å²) in [6, 6.07) is 4.67. The van der Waals surface area contributed by atoms with Gasteiger partial charge in [0.05, 0.1) is 23.8 Å². The zero-order chi connectivity index (χ0) is 22.2. The van der Waals surface area contributed by atoms with Gasteiger partial charge in [-0.2, -0.15) is 0 Å². The monoisotopic (exact) mass is 412 g/mol. The van der Waals surface area contributed by atoms with E-state index in [-0.39, 0.29) is 57.6 Å². The smallest absolute Gasteiger partial charge is 0.202 e. The summed E-state index contributed by atoms with van der Waals surface area (Å²) in [5, 5.41) is 28.7. The van der Waals surface area contributed by atoms with E-state index in [9.17, 15) is 24.6 Å². The van der Waals surface area contributed by atoms with Crippen molar-refractivity contribution in [2.24, 2.45) is 5.92 Å². The minimum Gasteiger partial charge on any atom is -0.507 e. The molecular formula is C23H24O7. The van der Waals surface area contributed by atoms with E-state index < -0.39 is 11.6 Å². The number of carbonyl (C=O) groups is 3. The van der Waals surface area contributed by atoms with E-state index in [1.165, 1.54) is 13.2 Å². The fourth-order valence-electron chi connectivity index (χ4n) is 4.37. The second kappa shape index (κ2) is 8.28. The Morgan fingerprint density at radius 3 is 2.30 bits per heavy atom. The number of carbonyl (C=O) groups excluding carboxylic acids is 3. The van der Waals surface area contributed by atoms with Gasteiger partial charge in [-0.05, 0) is 25.3 Å². The number of benzene rings is 2. The quantitative estimate of drug-likeness (QED) is 0.565. The summed E-state index contributed by atoms with van der Waals surface area (Å²) < 4.78 is 5.23. The normalized spacial score (nSPS) is 16.6. The molecule has 2 aromatic rings. The molecule has 0 saturated heterocycles. The fraction of sp³-hybridized carbons (Fsp3) is 0.348. The van der Waals surface area contributed by atoms with Crippen LogP contribution in [-0.2, 0) is 17.6 Å². The first kappa shape index (κ1) is 21.5. The average Bonchev–Trinajstić information content (AvgIpc) is 2.79. The molecule has 0 saturated carbocycles. The maximum Gasteiger partial charge on any atom is 0.202 e. The Balaban J connectivity index is 0.00000124. The van der Waals surface area contributed by atoms with Gasteiger partial charge in [-0.1, -0.05) is 19.1 Å². The van der Waals surface area contributed by atoms with Gasteiger partial charge in [-0.25, -0.2) is 0 Å². The number of aromatic hydroxyl groups is 2. The van der Waals surface area contributed by atoms with Crippen LogP contribution in [0, 0.1) is 5.92 Å². The molecule has 1 atom stereocenters. The molecule has 0 fully saturated rings. The van der Waals surface area contributed by atoms with Gasteiger partial charge in [0.25, 0.3) is 0 Å². The van der Waals surface area contributed by atoms with E-state index in [0.717, 1.165) is 7.11 Å². The van der Waals surface area contributed by atoms with Crippen molar-refractivity contribution in [2.45, 2.75) is 32.6 Å². The van der Waals surface area contributed by atoms with E-state index in [4.69, 9.17) is 9.84 Å². The van der Waals surface area contributed by atoms with Crippen molar-refractivity contribution in [3.05, 3.63) is 51.6 Å². The Morgan fingerprint density at radius 2 is 1.67 bits per heavy atom. The average molecular weight is 412 g/mol. The van der Waals surface area contributed by atoms with Crippen LogP contribution >= 0.6 is 0 Å². The molecule has 0 bridgehead atoms. The van der Waals surface area contributed by atoms with E-state index in [0.29, 0.717) is 30.4 Å². The second-order valence-corrected chi connectivity index (χ2v) is 7.20. The predicted octanol–water partition coefficient (Wildman–Crippen LogP) is 2.57.